The average Bonchev–Trinajstić information content (AvgIpc) is 2.16. The molecule has 16 heavy (non-hydrogen) atoms. The first-order valence-electron chi connectivity index (χ1n) is 5.46. The van der Waals surface area contributed by atoms with Crippen LogP contribution in [0.1, 0.15) is 34.6 Å². The van der Waals surface area contributed by atoms with Crippen molar-refractivity contribution in [3.05, 3.63) is 0 Å². The average molecular weight is 252 g/mol. The highest BCUT2D eigenvalue weighted by atomic mass is 31.2. The van der Waals surface area contributed by atoms with Gasteiger partial charge in [-0.05, 0) is 34.6 Å². The fourth-order valence-electron chi connectivity index (χ4n) is 1.08. The topological polar surface area (TPSA) is 61.8 Å². The van der Waals surface area contributed by atoms with E-state index in [1.54, 1.807) is 27.7 Å². The van der Waals surface area contributed by atoms with Crippen LogP contribution >= 0.6 is 7.60 Å². The molecule has 0 N–H and O–H groups in total. The minimum absolute atomic E-state index is 0.233. The van der Waals surface area contributed by atoms with Crippen LogP contribution in [0.5, 0.6) is 0 Å². The molecule has 0 bridgehead atoms. The van der Waals surface area contributed by atoms with E-state index in [1.165, 1.54) is 6.92 Å². The van der Waals surface area contributed by atoms with Crippen molar-refractivity contribution in [2.45, 2.75) is 46.4 Å². The van der Waals surface area contributed by atoms with Crippen molar-refractivity contribution in [1.29, 1.82) is 0 Å². The molecule has 0 aliphatic heterocycles. The van der Waals surface area contributed by atoms with Crippen LogP contribution in [0.25, 0.3) is 0 Å². The molecule has 1 atom stereocenters. The van der Waals surface area contributed by atoms with Gasteiger partial charge in [-0.25, -0.2) is 0 Å². The first kappa shape index (κ1) is 15.6. The summed E-state index contributed by atoms with van der Waals surface area (Å²) in [7, 11) is -3.40. The summed E-state index contributed by atoms with van der Waals surface area (Å²) in [5.74, 6) is -0.555. The molecular formula is C10H21O5P. The van der Waals surface area contributed by atoms with Crippen molar-refractivity contribution in [2.24, 2.45) is 0 Å². The quantitative estimate of drug-likeness (QED) is 0.514. The van der Waals surface area contributed by atoms with Gasteiger partial charge in [-0.2, -0.15) is 0 Å². The summed E-state index contributed by atoms with van der Waals surface area (Å²) >= 11 is 0. The number of esters is 1. The predicted octanol–water partition coefficient (Wildman–Crippen LogP) is 2.59. The van der Waals surface area contributed by atoms with Crippen LogP contribution in [0, 0.1) is 0 Å². The minimum Gasteiger partial charge on any atom is -0.462 e. The van der Waals surface area contributed by atoms with Crippen molar-refractivity contribution in [2.75, 3.05) is 13.2 Å². The standard InChI is InChI=1S/C10H21O5P/c1-6-13-16(12,14-7-2)9(5)10(11)15-8(3)4/h8-9H,6-7H2,1-5H3/t9-/m0/s1. The van der Waals surface area contributed by atoms with Crippen molar-refractivity contribution in [3.8, 4) is 0 Å². The van der Waals surface area contributed by atoms with Crippen molar-refractivity contribution in [1.82, 2.24) is 0 Å². The fourth-order valence-corrected chi connectivity index (χ4v) is 2.64. The fraction of sp³-hybridized carbons (Fsp3) is 0.900. The number of ether oxygens (including phenoxy) is 1. The Morgan fingerprint density at radius 3 is 1.88 bits per heavy atom. The molecule has 0 fully saturated rings. The third-order valence-electron chi connectivity index (χ3n) is 1.79. The van der Waals surface area contributed by atoms with E-state index in [1.807, 2.05) is 0 Å². The van der Waals surface area contributed by atoms with E-state index >= 15 is 0 Å². The Morgan fingerprint density at radius 2 is 1.56 bits per heavy atom. The smallest absolute Gasteiger partial charge is 0.344 e. The second kappa shape index (κ2) is 7.05. The molecule has 0 spiro atoms. The van der Waals surface area contributed by atoms with E-state index in [0.29, 0.717) is 0 Å². The molecular weight excluding hydrogens is 231 g/mol. The molecule has 0 aromatic heterocycles. The second-order valence-electron chi connectivity index (χ2n) is 3.54. The van der Waals surface area contributed by atoms with E-state index in [9.17, 15) is 9.36 Å². The Labute approximate surface area is 97.0 Å². The Morgan fingerprint density at radius 1 is 1.12 bits per heavy atom. The molecule has 96 valence electrons. The van der Waals surface area contributed by atoms with Crippen LogP contribution < -0.4 is 0 Å². The lowest BCUT2D eigenvalue weighted by molar-refractivity contribution is -0.146. The molecule has 0 radical (unpaired) electrons. The zero-order valence-corrected chi connectivity index (χ0v) is 11.5. The van der Waals surface area contributed by atoms with Gasteiger partial charge in [0.2, 0.25) is 0 Å². The van der Waals surface area contributed by atoms with Crippen LogP contribution in [0.2, 0.25) is 0 Å². The maximum Gasteiger partial charge on any atom is 0.344 e. The van der Waals surface area contributed by atoms with Crippen LogP contribution in [-0.2, 0) is 23.1 Å². The maximum atomic E-state index is 12.2. The van der Waals surface area contributed by atoms with Gasteiger partial charge in [0.1, 0.15) is 0 Å². The van der Waals surface area contributed by atoms with Gasteiger partial charge in [0.05, 0.1) is 19.3 Å². The van der Waals surface area contributed by atoms with E-state index in [-0.39, 0.29) is 19.3 Å². The number of carbonyl (C=O) groups excluding carboxylic acids is 1. The minimum atomic E-state index is -3.40. The number of hydrogen-bond acceptors (Lipinski definition) is 5. The summed E-state index contributed by atoms with van der Waals surface area (Å²) < 4.78 is 27.3. The normalized spacial score (nSPS) is 13.9. The third-order valence-corrected chi connectivity index (χ3v) is 4.18. The highest BCUT2D eigenvalue weighted by Gasteiger charge is 2.38. The lowest BCUT2D eigenvalue weighted by Gasteiger charge is -2.22. The van der Waals surface area contributed by atoms with E-state index in [0.717, 1.165) is 0 Å². The van der Waals surface area contributed by atoms with Gasteiger partial charge in [0, 0.05) is 0 Å². The maximum absolute atomic E-state index is 12.2. The lowest BCUT2D eigenvalue weighted by Crippen LogP contribution is -2.25. The molecule has 0 aliphatic rings. The Bertz CT molecular complexity index is 254. The van der Waals surface area contributed by atoms with Gasteiger partial charge in [-0.1, -0.05) is 0 Å². The largest absolute Gasteiger partial charge is 0.462 e. The van der Waals surface area contributed by atoms with Crippen LogP contribution in [0.4, 0.5) is 0 Å². The summed E-state index contributed by atoms with van der Waals surface area (Å²) in [5.41, 5.74) is -0.894. The predicted molar refractivity (Wildman–Crippen MR) is 61.5 cm³/mol. The van der Waals surface area contributed by atoms with Crippen LogP contribution in [-0.4, -0.2) is 30.9 Å². The van der Waals surface area contributed by atoms with Gasteiger partial charge in [-0.15, -0.1) is 0 Å². The number of rotatable bonds is 7. The molecule has 6 heteroatoms. The highest BCUT2D eigenvalue weighted by Crippen LogP contribution is 2.53. The highest BCUT2D eigenvalue weighted by molar-refractivity contribution is 7.55. The number of hydrogen-bond donors (Lipinski definition) is 0. The molecule has 0 rings (SSSR count). The second-order valence-corrected chi connectivity index (χ2v) is 5.91. The Hall–Kier alpha value is -0.380. The Kier molecular flexibility index (Phi) is 6.88. The summed E-state index contributed by atoms with van der Waals surface area (Å²) in [4.78, 5) is 11.6. The summed E-state index contributed by atoms with van der Waals surface area (Å²) in [6.45, 7) is 8.83. The number of carbonyl (C=O) groups is 1. The first-order chi connectivity index (χ1) is 7.37. The summed E-state index contributed by atoms with van der Waals surface area (Å²) in [5, 5.41) is 0. The molecule has 0 aliphatic carbocycles. The molecule has 0 saturated heterocycles. The SMILES string of the molecule is CCOP(=O)(OCC)[C@@H](C)C(=O)OC(C)C. The zero-order valence-electron chi connectivity index (χ0n) is 10.6. The van der Waals surface area contributed by atoms with Gasteiger partial charge in [0.25, 0.3) is 0 Å². The molecule has 0 aromatic rings. The van der Waals surface area contributed by atoms with Gasteiger partial charge >= 0.3 is 13.6 Å². The van der Waals surface area contributed by atoms with Crippen molar-refractivity contribution in [3.63, 3.8) is 0 Å². The van der Waals surface area contributed by atoms with E-state index in [2.05, 4.69) is 0 Å². The van der Waals surface area contributed by atoms with Crippen LogP contribution in [0.15, 0.2) is 0 Å². The monoisotopic (exact) mass is 252 g/mol. The van der Waals surface area contributed by atoms with E-state index in [4.69, 9.17) is 13.8 Å². The molecule has 5 nitrogen and oxygen atoms in total. The van der Waals surface area contributed by atoms with Crippen molar-refractivity contribution >= 4 is 13.6 Å². The summed E-state index contributed by atoms with van der Waals surface area (Å²) in [6.07, 6.45) is -0.244. The van der Waals surface area contributed by atoms with E-state index < -0.39 is 19.2 Å². The summed E-state index contributed by atoms with van der Waals surface area (Å²) in [6, 6.07) is 0. The molecule has 0 amide bonds. The van der Waals surface area contributed by atoms with Gasteiger partial charge < -0.3 is 13.8 Å². The Balaban J connectivity index is 4.66. The molecule has 0 heterocycles. The molecule has 0 saturated carbocycles. The molecule has 0 aromatic carbocycles. The zero-order chi connectivity index (χ0) is 12.8. The molecule has 0 unspecified atom stereocenters. The van der Waals surface area contributed by atoms with Crippen molar-refractivity contribution < 1.29 is 23.1 Å². The first-order valence-corrected chi connectivity index (χ1v) is 7.07. The lowest BCUT2D eigenvalue weighted by atomic mass is 10.4. The van der Waals surface area contributed by atoms with Crippen LogP contribution in [0.3, 0.4) is 0 Å². The van der Waals surface area contributed by atoms with Gasteiger partial charge in [0.15, 0.2) is 5.66 Å². The third kappa shape index (κ3) is 4.64. The van der Waals surface area contributed by atoms with Gasteiger partial charge in [-0.3, -0.25) is 9.36 Å².